The van der Waals surface area contributed by atoms with Crippen LogP contribution >= 0.6 is 0 Å². The quantitative estimate of drug-likeness (QED) is 0.745. The minimum atomic E-state index is 0.417. The number of nitrogens with zero attached hydrogens (tertiary/aromatic N) is 2. The summed E-state index contributed by atoms with van der Waals surface area (Å²) < 4.78 is 5.07. The number of nitrogens with one attached hydrogen (secondary N) is 2. The molecule has 1 atom stereocenters. The van der Waals surface area contributed by atoms with Gasteiger partial charge in [0.1, 0.15) is 18.2 Å². The van der Waals surface area contributed by atoms with Gasteiger partial charge in [0, 0.05) is 26.3 Å². The highest BCUT2D eigenvalue weighted by Crippen LogP contribution is 2.14. The van der Waals surface area contributed by atoms with Crippen LogP contribution in [0.15, 0.2) is 6.07 Å². The lowest BCUT2D eigenvalue weighted by molar-refractivity contribution is 0.178. The summed E-state index contributed by atoms with van der Waals surface area (Å²) in [4.78, 5) is 8.76. The zero-order chi connectivity index (χ0) is 13.4. The summed E-state index contributed by atoms with van der Waals surface area (Å²) in [5.41, 5.74) is 0. The van der Waals surface area contributed by atoms with Crippen molar-refractivity contribution in [3.8, 4) is 0 Å². The summed E-state index contributed by atoms with van der Waals surface area (Å²) >= 11 is 0. The molecule has 5 nitrogen and oxygen atoms in total. The van der Waals surface area contributed by atoms with E-state index in [-0.39, 0.29) is 0 Å². The highest BCUT2D eigenvalue weighted by Gasteiger charge is 2.06. The van der Waals surface area contributed by atoms with Gasteiger partial charge in [0.15, 0.2) is 5.82 Å². The Hall–Kier alpha value is -1.36. The number of anilines is 2. The molecule has 0 amide bonds. The molecule has 2 N–H and O–H groups in total. The van der Waals surface area contributed by atoms with Gasteiger partial charge in [-0.2, -0.15) is 0 Å². The third-order valence-electron chi connectivity index (χ3n) is 2.69. The molecule has 1 rings (SSSR count). The van der Waals surface area contributed by atoms with Crippen molar-refractivity contribution in [3.63, 3.8) is 0 Å². The molecule has 102 valence electrons. The van der Waals surface area contributed by atoms with Crippen LogP contribution in [0, 0.1) is 0 Å². The van der Waals surface area contributed by atoms with Crippen LogP contribution in [0.5, 0.6) is 0 Å². The Balaban J connectivity index is 2.71. The summed E-state index contributed by atoms with van der Waals surface area (Å²) in [6.07, 6.45) is 3.59. The van der Waals surface area contributed by atoms with Crippen molar-refractivity contribution >= 4 is 11.6 Å². The van der Waals surface area contributed by atoms with E-state index in [4.69, 9.17) is 4.74 Å². The largest absolute Gasteiger partial charge is 0.377 e. The fourth-order valence-electron chi connectivity index (χ4n) is 1.73. The van der Waals surface area contributed by atoms with E-state index in [1.165, 1.54) is 12.8 Å². The van der Waals surface area contributed by atoms with Gasteiger partial charge in [0.25, 0.3) is 0 Å². The fourth-order valence-corrected chi connectivity index (χ4v) is 1.73. The van der Waals surface area contributed by atoms with Crippen molar-refractivity contribution in [2.75, 3.05) is 24.8 Å². The highest BCUT2D eigenvalue weighted by molar-refractivity contribution is 5.47. The SMILES string of the molecule is CCCCC(C)Nc1cc(NC)nc(COC)n1. The van der Waals surface area contributed by atoms with Crippen molar-refractivity contribution in [2.45, 2.75) is 45.8 Å². The first-order valence-corrected chi connectivity index (χ1v) is 6.50. The maximum absolute atomic E-state index is 5.07. The second kappa shape index (κ2) is 7.87. The topological polar surface area (TPSA) is 59.1 Å². The van der Waals surface area contributed by atoms with E-state index >= 15 is 0 Å². The molecule has 0 spiro atoms. The smallest absolute Gasteiger partial charge is 0.158 e. The average molecular weight is 252 g/mol. The molecule has 18 heavy (non-hydrogen) atoms. The Morgan fingerprint density at radius 2 is 2.06 bits per heavy atom. The minimum absolute atomic E-state index is 0.417. The number of aromatic nitrogens is 2. The molecule has 1 heterocycles. The highest BCUT2D eigenvalue weighted by atomic mass is 16.5. The van der Waals surface area contributed by atoms with Crippen LogP contribution in [-0.4, -0.2) is 30.2 Å². The van der Waals surface area contributed by atoms with Gasteiger partial charge in [-0.15, -0.1) is 0 Å². The molecule has 0 aromatic carbocycles. The van der Waals surface area contributed by atoms with Crippen molar-refractivity contribution in [1.82, 2.24) is 9.97 Å². The van der Waals surface area contributed by atoms with E-state index in [2.05, 4.69) is 34.4 Å². The van der Waals surface area contributed by atoms with Crippen LogP contribution in [-0.2, 0) is 11.3 Å². The number of rotatable bonds is 8. The van der Waals surface area contributed by atoms with Gasteiger partial charge in [-0.3, -0.25) is 0 Å². The van der Waals surface area contributed by atoms with E-state index in [1.807, 2.05) is 13.1 Å². The zero-order valence-corrected chi connectivity index (χ0v) is 11.8. The Kier molecular flexibility index (Phi) is 6.43. The third kappa shape index (κ3) is 4.87. The lowest BCUT2D eigenvalue weighted by atomic mass is 10.1. The van der Waals surface area contributed by atoms with Gasteiger partial charge < -0.3 is 15.4 Å². The van der Waals surface area contributed by atoms with Crippen LogP contribution in [0.2, 0.25) is 0 Å². The third-order valence-corrected chi connectivity index (χ3v) is 2.69. The summed E-state index contributed by atoms with van der Waals surface area (Å²) in [5.74, 6) is 2.35. The Labute approximate surface area is 109 Å². The van der Waals surface area contributed by atoms with Gasteiger partial charge in [-0.1, -0.05) is 19.8 Å². The van der Waals surface area contributed by atoms with E-state index in [0.717, 1.165) is 18.1 Å². The number of ether oxygens (including phenoxy) is 1. The molecule has 1 aromatic heterocycles. The molecule has 0 saturated heterocycles. The lowest BCUT2D eigenvalue weighted by Crippen LogP contribution is -2.17. The molecule has 5 heteroatoms. The second-order valence-electron chi connectivity index (χ2n) is 4.43. The van der Waals surface area contributed by atoms with E-state index in [1.54, 1.807) is 7.11 Å². The predicted molar refractivity (Wildman–Crippen MR) is 74.9 cm³/mol. The number of methoxy groups -OCH3 is 1. The average Bonchev–Trinajstić information content (AvgIpc) is 2.36. The van der Waals surface area contributed by atoms with E-state index in [9.17, 15) is 0 Å². The summed E-state index contributed by atoms with van der Waals surface area (Å²) in [6, 6.07) is 2.33. The Bertz CT molecular complexity index is 357. The lowest BCUT2D eigenvalue weighted by Gasteiger charge is -2.15. The first-order chi connectivity index (χ1) is 8.69. The summed E-state index contributed by atoms with van der Waals surface area (Å²) in [7, 11) is 3.50. The molecule has 0 bridgehead atoms. The molecule has 0 aliphatic rings. The first kappa shape index (κ1) is 14.7. The molecule has 0 aliphatic heterocycles. The molecular weight excluding hydrogens is 228 g/mol. The normalized spacial score (nSPS) is 12.2. The molecule has 0 fully saturated rings. The predicted octanol–water partition coefficient (Wildman–Crippen LogP) is 2.66. The molecular formula is C13H24N4O. The van der Waals surface area contributed by atoms with Crippen LogP contribution in [0.3, 0.4) is 0 Å². The monoisotopic (exact) mass is 252 g/mol. The van der Waals surface area contributed by atoms with E-state index < -0.39 is 0 Å². The fraction of sp³-hybridized carbons (Fsp3) is 0.692. The van der Waals surface area contributed by atoms with Gasteiger partial charge in [-0.25, -0.2) is 9.97 Å². The second-order valence-corrected chi connectivity index (χ2v) is 4.43. The molecule has 0 aliphatic carbocycles. The van der Waals surface area contributed by atoms with Crippen LogP contribution in [0.4, 0.5) is 11.6 Å². The van der Waals surface area contributed by atoms with Crippen molar-refractivity contribution < 1.29 is 4.74 Å². The molecule has 1 aromatic rings. The van der Waals surface area contributed by atoms with Crippen LogP contribution in [0.1, 0.15) is 38.9 Å². The van der Waals surface area contributed by atoms with Crippen molar-refractivity contribution in [2.24, 2.45) is 0 Å². The number of hydrogen-bond acceptors (Lipinski definition) is 5. The molecule has 0 radical (unpaired) electrons. The van der Waals surface area contributed by atoms with Gasteiger partial charge >= 0.3 is 0 Å². The Morgan fingerprint density at radius 3 is 2.67 bits per heavy atom. The molecule has 1 unspecified atom stereocenters. The zero-order valence-electron chi connectivity index (χ0n) is 11.8. The summed E-state index contributed by atoms with van der Waals surface area (Å²) in [5, 5.41) is 6.44. The van der Waals surface area contributed by atoms with Gasteiger partial charge in [-0.05, 0) is 13.3 Å². The number of hydrogen-bond donors (Lipinski definition) is 2. The van der Waals surface area contributed by atoms with Crippen molar-refractivity contribution in [3.05, 3.63) is 11.9 Å². The maximum Gasteiger partial charge on any atom is 0.158 e. The minimum Gasteiger partial charge on any atom is -0.377 e. The standard InChI is InChI=1S/C13H24N4O/c1-5-6-7-10(2)15-12-8-11(14-3)16-13(17-12)9-18-4/h8,10H,5-7,9H2,1-4H3,(H2,14,15,16,17). The van der Waals surface area contributed by atoms with Crippen LogP contribution < -0.4 is 10.6 Å². The van der Waals surface area contributed by atoms with Gasteiger partial charge in [0.2, 0.25) is 0 Å². The van der Waals surface area contributed by atoms with Crippen molar-refractivity contribution in [1.29, 1.82) is 0 Å². The summed E-state index contributed by atoms with van der Waals surface area (Å²) in [6.45, 7) is 4.80. The van der Waals surface area contributed by atoms with E-state index in [0.29, 0.717) is 18.5 Å². The number of unbranched alkanes of at least 4 members (excludes halogenated alkanes) is 1. The Morgan fingerprint density at radius 1 is 1.33 bits per heavy atom. The van der Waals surface area contributed by atoms with Gasteiger partial charge in [0.05, 0.1) is 0 Å². The van der Waals surface area contributed by atoms with Crippen LogP contribution in [0.25, 0.3) is 0 Å². The molecule has 0 saturated carbocycles. The maximum atomic E-state index is 5.07. The first-order valence-electron chi connectivity index (χ1n) is 6.50.